The Morgan fingerprint density at radius 3 is 2.60 bits per heavy atom. The number of non-ortho nitro benzene ring substituents is 1. The van der Waals surface area contributed by atoms with Crippen LogP contribution in [0.5, 0.6) is 11.5 Å². The van der Waals surface area contributed by atoms with Crippen molar-refractivity contribution >= 4 is 34.1 Å². The van der Waals surface area contributed by atoms with Crippen LogP contribution >= 0.6 is 23.3 Å². The summed E-state index contributed by atoms with van der Waals surface area (Å²) >= 11 is 2.93. The standard InChI is InChI=1S/C20H22N4O4S2/c1-23(2)12-18-19(13-6-5-7-14(10-13)24(25)26)21-20(29-18)22-30-15-8-9-16(27-3)17(11-15)28-4/h5-11H,12H2,1-4H3,(H,21,22). The number of nitro benzene ring substituents is 1. The summed E-state index contributed by atoms with van der Waals surface area (Å²) in [4.78, 5) is 19.5. The molecule has 0 unspecified atom stereocenters. The van der Waals surface area contributed by atoms with Gasteiger partial charge < -0.3 is 19.1 Å². The zero-order valence-electron chi connectivity index (χ0n) is 17.0. The van der Waals surface area contributed by atoms with E-state index in [0.29, 0.717) is 23.2 Å². The minimum atomic E-state index is -0.395. The van der Waals surface area contributed by atoms with Gasteiger partial charge in [0.2, 0.25) is 0 Å². The lowest BCUT2D eigenvalue weighted by Gasteiger charge is -2.09. The lowest BCUT2D eigenvalue weighted by Crippen LogP contribution is -2.10. The molecule has 158 valence electrons. The SMILES string of the molecule is COc1ccc(SNc2nc(-c3cccc([N+](=O)[O-])c3)c(CN(C)C)s2)cc1OC. The molecule has 0 radical (unpaired) electrons. The van der Waals surface area contributed by atoms with Crippen molar-refractivity contribution in [3.8, 4) is 22.8 Å². The molecular weight excluding hydrogens is 424 g/mol. The smallest absolute Gasteiger partial charge is 0.270 e. The second-order valence-electron chi connectivity index (χ2n) is 6.56. The second-order valence-corrected chi connectivity index (χ2v) is 8.52. The van der Waals surface area contributed by atoms with Gasteiger partial charge in [-0.05, 0) is 44.2 Å². The van der Waals surface area contributed by atoms with E-state index in [1.165, 1.54) is 29.4 Å². The van der Waals surface area contributed by atoms with Crippen molar-refractivity contribution in [3.05, 3.63) is 57.5 Å². The summed E-state index contributed by atoms with van der Waals surface area (Å²) < 4.78 is 13.9. The van der Waals surface area contributed by atoms with Crippen molar-refractivity contribution in [2.75, 3.05) is 33.0 Å². The van der Waals surface area contributed by atoms with Gasteiger partial charge in [0, 0.05) is 34.0 Å². The molecule has 3 rings (SSSR count). The molecule has 0 amide bonds. The molecule has 0 bridgehead atoms. The third kappa shape index (κ3) is 5.21. The molecule has 0 saturated carbocycles. The summed E-state index contributed by atoms with van der Waals surface area (Å²) in [6.45, 7) is 0.679. The molecule has 0 saturated heterocycles. The fourth-order valence-corrected chi connectivity index (χ4v) is 4.56. The minimum absolute atomic E-state index is 0.0468. The van der Waals surface area contributed by atoms with Crippen LogP contribution < -0.4 is 14.2 Å². The van der Waals surface area contributed by atoms with E-state index >= 15 is 0 Å². The number of methoxy groups -OCH3 is 2. The average molecular weight is 447 g/mol. The highest BCUT2D eigenvalue weighted by Gasteiger charge is 2.17. The summed E-state index contributed by atoms with van der Waals surface area (Å²) in [5, 5.41) is 11.9. The number of nitrogens with zero attached hydrogens (tertiary/aromatic N) is 3. The number of hydrogen-bond donors (Lipinski definition) is 1. The van der Waals surface area contributed by atoms with Crippen LogP contribution in [0.2, 0.25) is 0 Å². The van der Waals surface area contributed by atoms with Crippen molar-refractivity contribution in [2.24, 2.45) is 0 Å². The Morgan fingerprint density at radius 2 is 1.93 bits per heavy atom. The molecule has 10 heteroatoms. The van der Waals surface area contributed by atoms with Crippen LogP contribution in [0.25, 0.3) is 11.3 Å². The van der Waals surface area contributed by atoms with Crippen LogP contribution in [-0.4, -0.2) is 43.1 Å². The molecule has 1 heterocycles. The van der Waals surface area contributed by atoms with Gasteiger partial charge in [-0.15, -0.1) is 0 Å². The van der Waals surface area contributed by atoms with Crippen molar-refractivity contribution in [2.45, 2.75) is 11.4 Å². The summed E-state index contributed by atoms with van der Waals surface area (Å²) in [6.07, 6.45) is 0. The second kappa shape index (κ2) is 9.79. The van der Waals surface area contributed by atoms with Crippen LogP contribution in [0, 0.1) is 10.1 Å². The third-order valence-electron chi connectivity index (χ3n) is 4.10. The van der Waals surface area contributed by atoms with E-state index in [0.717, 1.165) is 21.0 Å². The molecule has 2 aromatic carbocycles. The zero-order chi connectivity index (χ0) is 21.7. The first kappa shape index (κ1) is 21.9. The Balaban J connectivity index is 1.86. The topological polar surface area (TPSA) is 89.8 Å². The lowest BCUT2D eigenvalue weighted by molar-refractivity contribution is -0.384. The van der Waals surface area contributed by atoms with Crippen molar-refractivity contribution in [3.63, 3.8) is 0 Å². The van der Waals surface area contributed by atoms with E-state index in [1.54, 1.807) is 26.4 Å². The zero-order valence-corrected chi connectivity index (χ0v) is 18.7. The van der Waals surface area contributed by atoms with Crippen molar-refractivity contribution in [1.82, 2.24) is 9.88 Å². The monoisotopic (exact) mass is 446 g/mol. The molecule has 0 aliphatic carbocycles. The Kier molecular flexibility index (Phi) is 7.14. The first-order valence-electron chi connectivity index (χ1n) is 8.95. The third-order valence-corrected chi connectivity index (χ3v) is 5.97. The van der Waals surface area contributed by atoms with Crippen molar-refractivity contribution in [1.29, 1.82) is 0 Å². The number of aromatic nitrogens is 1. The quantitative estimate of drug-likeness (QED) is 0.282. The van der Waals surface area contributed by atoms with Gasteiger partial charge in [0.15, 0.2) is 16.6 Å². The van der Waals surface area contributed by atoms with Gasteiger partial charge in [-0.3, -0.25) is 10.1 Å². The van der Waals surface area contributed by atoms with E-state index in [9.17, 15) is 10.1 Å². The summed E-state index contributed by atoms with van der Waals surface area (Å²) in [7, 11) is 7.14. The van der Waals surface area contributed by atoms with Gasteiger partial charge in [0.05, 0.1) is 24.8 Å². The van der Waals surface area contributed by atoms with E-state index in [2.05, 4.69) is 4.72 Å². The molecule has 1 N–H and O–H groups in total. The van der Waals surface area contributed by atoms with Gasteiger partial charge in [0.1, 0.15) is 0 Å². The summed E-state index contributed by atoms with van der Waals surface area (Å²) in [5.41, 5.74) is 1.51. The van der Waals surface area contributed by atoms with Gasteiger partial charge >= 0.3 is 0 Å². The predicted octanol–water partition coefficient (Wildman–Crippen LogP) is 4.92. The highest BCUT2D eigenvalue weighted by Crippen LogP contribution is 2.36. The largest absolute Gasteiger partial charge is 0.493 e. The molecule has 3 aromatic rings. The van der Waals surface area contributed by atoms with Gasteiger partial charge in [-0.2, -0.15) is 0 Å². The lowest BCUT2D eigenvalue weighted by atomic mass is 10.1. The molecule has 30 heavy (non-hydrogen) atoms. The minimum Gasteiger partial charge on any atom is -0.493 e. The number of hydrogen-bond acceptors (Lipinski definition) is 9. The Morgan fingerprint density at radius 1 is 1.17 bits per heavy atom. The number of rotatable bonds is 9. The molecule has 8 nitrogen and oxygen atoms in total. The first-order chi connectivity index (χ1) is 14.4. The first-order valence-corrected chi connectivity index (χ1v) is 10.6. The molecule has 0 spiro atoms. The van der Waals surface area contributed by atoms with Crippen LogP contribution in [0.1, 0.15) is 4.88 Å². The molecule has 1 aromatic heterocycles. The fourth-order valence-electron chi connectivity index (χ4n) is 2.76. The molecular formula is C20H22N4O4S2. The van der Waals surface area contributed by atoms with Crippen LogP contribution in [0.15, 0.2) is 47.4 Å². The Bertz CT molecular complexity index is 1040. The number of nitrogens with one attached hydrogen (secondary N) is 1. The number of thiazole rings is 1. The van der Waals surface area contributed by atoms with Gasteiger partial charge in [0.25, 0.3) is 5.69 Å². The molecule has 0 aliphatic rings. The summed E-state index contributed by atoms with van der Waals surface area (Å²) in [6, 6.07) is 12.2. The van der Waals surface area contributed by atoms with E-state index in [1.807, 2.05) is 43.3 Å². The summed E-state index contributed by atoms with van der Waals surface area (Å²) in [5.74, 6) is 1.31. The van der Waals surface area contributed by atoms with E-state index < -0.39 is 4.92 Å². The number of ether oxygens (including phenoxy) is 2. The van der Waals surface area contributed by atoms with Crippen LogP contribution in [-0.2, 0) is 6.54 Å². The molecule has 0 atom stereocenters. The van der Waals surface area contributed by atoms with E-state index in [4.69, 9.17) is 14.5 Å². The Hall–Kier alpha value is -2.82. The number of anilines is 1. The number of nitro groups is 1. The Labute approximate surface area is 183 Å². The predicted molar refractivity (Wildman–Crippen MR) is 121 cm³/mol. The maximum atomic E-state index is 11.2. The highest BCUT2D eigenvalue weighted by atomic mass is 32.2. The van der Waals surface area contributed by atoms with Gasteiger partial charge in [-0.1, -0.05) is 23.5 Å². The van der Waals surface area contributed by atoms with Crippen molar-refractivity contribution < 1.29 is 14.4 Å². The molecule has 0 aliphatic heterocycles. The van der Waals surface area contributed by atoms with Crippen LogP contribution in [0.4, 0.5) is 10.8 Å². The number of benzene rings is 2. The maximum Gasteiger partial charge on any atom is 0.270 e. The average Bonchev–Trinajstić information content (AvgIpc) is 3.14. The van der Waals surface area contributed by atoms with Gasteiger partial charge in [-0.25, -0.2) is 4.98 Å². The highest BCUT2D eigenvalue weighted by molar-refractivity contribution is 8.00. The normalized spacial score (nSPS) is 10.8. The van der Waals surface area contributed by atoms with Crippen LogP contribution in [0.3, 0.4) is 0 Å². The van der Waals surface area contributed by atoms with E-state index in [-0.39, 0.29) is 5.69 Å². The molecule has 0 fully saturated rings. The fraction of sp³-hybridized carbons (Fsp3) is 0.250. The maximum absolute atomic E-state index is 11.2.